The highest BCUT2D eigenvalue weighted by atomic mass is 15.4. The molecule has 8 heteroatoms. The van der Waals surface area contributed by atoms with Crippen LogP contribution in [0.4, 0.5) is 23.1 Å². The second kappa shape index (κ2) is 4.67. The third kappa shape index (κ3) is 1.99. The van der Waals surface area contributed by atoms with Crippen molar-refractivity contribution in [3.63, 3.8) is 0 Å². The molecule has 23 heavy (non-hydrogen) atoms. The lowest BCUT2D eigenvalue weighted by Crippen LogP contribution is -2.20. The van der Waals surface area contributed by atoms with Crippen LogP contribution in [-0.4, -0.2) is 38.7 Å². The molecular formula is C15H16N8. The number of aryl methyl sites for hydroxylation is 1. The second-order valence-electron chi connectivity index (χ2n) is 5.49. The number of fused-ring (bicyclic) bond motifs is 2. The highest BCUT2D eigenvalue weighted by Gasteiger charge is 2.26. The maximum atomic E-state index is 4.60. The molecule has 0 amide bonds. The van der Waals surface area contributed by atoms with E-state index >= 15 is 0 Å². The number of hydrogen-bond donors (Lipinski definition) is 1. The Morgan fingerprint density at radius 3 is 2.83 bits per heavy atom. The van der Waals surface area contributed by atoms with E-state index < -0.39 is 0 Å². The van der Waals surface area contributed by atoms with Crippen molar-refractivity contribution in [2.45, 2.75) is 6.92 Å². The molecule has 0 aromatic carbocycles. The quantitative estimate of drug-likeness (QED) is 0.775. The summed E-state index contributed by atoms with van der Waals surface area (Å²) in [6.45, 7) is 6.04. The van der Waals surface area contributed by atoms with Crippen LogP contribution in [-0.2, 0) is 0 Å². The summed E-state index contributed by atoms with van der Waals surface area (Å²) in [5, 5.41) is 7.40. The lowest BCUT2D eigenvalue weighted by molar-refractivity contribution is 0.958. The van der Waals surface area contributed by atoms with Crippen LogP contribution >= 0.6 is 0 Å². The Balaban J connectivity index is 1.72. The molecule has 0 fully saturated rings. The Morgan fingerprint density at radius 2 is 2.00 bits per heavy atom. The first-order valence-corrected chi connectivity index (χ1v) is 7.15. The van der Waals surface area contributed by atoms with Crippen molar-refractivity contribution >= 4 is 28.8 Å². The molecule has 3 aromatic heterocycles. The Labute approximate surface area is 133 Å². The molecule has 0 aliphatic carbocycles. The van der Waals surface area contributed by atoms with Gasteiger partial charge in [-0.15, -0.1) is 0 Å². The number of hydrogen-bond acceptors (Lipinski definition) is 7. The van der Waals surface area contributed by atoms with Crippen molar-refractivity contribution in [2.24, 2.45) is 0 Å². The van der Waals surface area contributed by atoms with E-state index in [4.69, 9.17) is 0 Å². The van der Waals surface area contributed by atoms with Crippen molar-refractivity contribution in [3.8, 4) is 0 Å². The van der Waals surface area contributed by atoms with Crippen molar-refractivity contribution < 1.29 is 0 Å². The van der Waals surface area contributed by atoms with Crippen LogP contribution in [0.3, 0.4) is 0 Å². The van der Waals surface area contributed by atoms with E-state index in [1.165, 1.54) is 6.33 Å². The van der Waals surface area contributed by atoms with Crippen molar-refractivity contribution in [3.05, 3.63) is 42.8 Å². The minimum absolute atomic E-state index is 0.529. The third-order valence-corrected chi connectivity index (χ3v) is 4.07. The van der Waals surface area contributed by atoms with E-state index in [2.05, 4.69) is 31.9 Å². The summed E-state index contributed by atoms with van der Waals surface area (Å²) in [4.78, 5) is 17.1. The number of anilines is 4. The van der Waals surface area contributed by atoms with Gasteiger partial charge in [0.25, 0.3) is 0 Å². The minimum atomic E-state index is 0.529. The lowest BCUT2D eigenvalue weighted by atomic mass is 10.2. The standard InChI is InChI=1S/C15H16N8/c1-9-5-13-17-8-18-23(13)7-11(9)19-15-16-6-12-14(20-15)22(4)10(2)21(12)3/h5-8H,2H2,1,3-4H3,(H,16,19,20). The first-order chi connectivity index (χ1) is 11.0. The summed E-state index contributed by atoms with van der Waals surface area (Å²) in [6.07, 6.45) is 5.20. The summed E-state index contributed by atoms with van der Waals surface area (Å²) >= 11 is 0. The molecular weight excluding hydrogens is 292 g/mol. The summed E-state index contributed by atoms with van der Waals surface area (Å²) in [5.41, 5.74) is 3.67. The number of nitrogens with one attached hydrogen (secondary N) is 1. The summed E-state index contributed by atoms with van der Waals surface area (Å²) in [6, 6.07) is 1.96. The van der Waals surface area contributed by atoms with Crippen molar-refractivity contribution in [1.29, 1.82) is 0 Å². The first kappa shape index (κ1) is 13.5. The topological polar surface area (TPSA) is 74.5 Å². The number of pyridine rings is 1. The Hall–Kier alpha value is -3.16. The molecule has 8 nitrogen and oxygen atoms in total. The van der Waals surface area contributed by atoms with Crippen LogP contribution in [0.2, 0.25) is 0 Å². The van der Waals surface area contributed by atoms with Gasteiger partial charge < -0.3 is 15.1 Å². The molecule has 1 N–H and O–H groups in total. The van der Waals surface area contributed by atoms with Gasteiger partial charge in [0.05, 0.1) is 18.1 Å². The fraction of sp³-hybridized carbons (Fsp3) is 0.200. The van der Waals surface area contributed by atoms with E-state index in [-0.39, 0.29) is 0 Å². The van der Waals surface area contributed by atoms with Gasteiger partial charge in [0.1, 0.15) is 17.8 Å². The monoisotopic (exact) mass is 308 g/mol. The molecule has 0 radical (unpaired) electrons. The molecule has 0 saturated carbocycles. The largest absolute Gasteiger partial charge is 0.327 e. The Kier molecular flexibility index (Phi) is 2.74. The molecule has 1 aliphatic rings. The third-order valence-electron chi connectivity index (χ3n) is 4.07. The smallest absolute Gasteiger partial charge is 0.229 e. The lowest BCUT2D eigenvalue weighted by Gasteiger charge is -2.14. The number of nitrogens with zero attached hydrogens (tertiary/aromatic N) is 7. The molecule has 116 valence electrons. The maximum absolute atomic E-state index is 4.60. The van der Waals surface area contributed by atoms with Crippen LogP contribution in [0.25, 0.3) is 5.65 Å². The van der Waals surface area contributed by atoms with Crippen LogP contribution in [0.5, 0.6) is 0 Å². The fourth-order valence-corrected chi connectivity index (χ4v) is 2.61. The molecule has 1 aliphatic heterocycles. The van der Waals surface area contributed by atoms with Crippen LogP contribution < -0.4 is 15.1 Å². The zero-order valence-electron chi connectivity index (χ0n) is 13.1. The van der Waals surface area contributed by atoms with Gasteiger partial charge in [0.15, 0.2) is 11.5 Å². The summed E-state index contributed by atoms with van der Waals surface area (Å²) < 4.78 is 1.71. The Morgan fingerprint density at radius 1 is 1.17 bits per heavy atom. The first-order valence-electron chi connectivity index (χ1n) is 7.15. The van der Waals surface area contributed by atoms with Crippen LogP contribution in [0.15, 0.2) is 37.2 Å². The molecule has 4 heterocycles. The van der Waals surface area contributed by atoms with Crippen LogP contribution in [0, 0.1) is 6.92 Å². The van der Waals surface area contributed by atoms with Crippen molar-refractivity contribution in [1.82, 2.24) is 24.6 Å². The number of aromatic nitrogens is 5. The van der Waals surface area contributed by atoms with Gasteiger partial charge in [-0.1, -0.05) is 6.58 Å². The Bertz CT molecular complexity index is 928. The highest BCUT2D eigenvalue weighted by molar-refractivity contribution is 5.78. The molecule has 0 saturated heterocycles. The summed E-state index contributed by atoms with van der Waals surface area (Å²) in [7, 11) is 3.89. The van der Waals surface area contributed by atoms with Gasteiger partial charge in [0, 0.05) is 14.1 Å². The predicted octanol–water partition coefficient (Wildman–Crippen LogP) is 1.93. The van der Waals surface area contributed by atoms with E-state index in [0.29, 0.717) is 5.95 Å². The van der Waals surface area contributed by atoms with Gasteiger partial charge in [-0.2, -0.15) is 10.1 Å². The van der Waals surface area contributed by atoms with E-state index in [1.807, 2.05) is 43.1 Å². The molecule has 0 atom stereocenters. The van der Waals surface area contributed by atoms with Gasteiger partial charge in [0.2, 0.25) is 5.95 Å². The average molecular weight is 308 g/mol. The van der Waals surface area contributed by atoms with E-state index in [1.54, 1.807) is 10.7 Å². The fourth-order valence-electron chi connectivity index (χ4n) is 2.61. The van der Waals surface area contributed by atoms with Crippen molar-refractivity contribution in [2.75, 3.05) is 29.2 Å². The zero-order valence-corrected chi connectivity index (χ0v) is 13.1. The minimum Gasteiger partial charge on any atom is -0.327 e. The van der Waals surface area contributed by atoms with Crippen LogP contribution in [0.1, 0.15) is 5.56 Å². The van der Waals surface area contributed by atoms with E-state index in [9.17, 15) is 0 Å². The van der Waals surface area contributed by atoms with Gasteiger partial charge in [-0.3, -0.25) is 0 Å². The van der Waals surface area contributed by atoms with Gasteiger partial charge >= 0.3 is 0 Å². The summed E-state index contributed by atoms with van der Waals surface area (Å²) in [5.74, 6) is 2.22. The van der Waals surface area contributed by atoms with Gasteiger partial charge in [-0.05, 0) is 18.6 Å². The normalized spacial score (nSPS) is 13.8. The SMILES string of the molecule is C=C1N(C)c2cnc(Nc3cn4ncnc4cc3C)nc2N1C. The average Bonchev–Trinajstić information content (AvgIpc) is 3.07. The molecule has 0 spiro atoms. The highest BCUT2D eigenvalue weighted by Crippen LogP contribution is 2.37. The number of rotatable bonds is 2. The van der Waals surface area contributed by atoms with Gasteiger partial charge in [-0.25, -0.2) is 14.5 Å². The molecule has 4 rings (SSSR count). The van der Waals surface area contributed by atoms with E-state index in [0.717, 1.165) is 34.2 Å². The molecule has 0 unspecified atom stereocenters. The zero-order chi connectivity index (χ0) is 16.1. The maximum Gasteiger partial charge on any atom is 0.229 e. The second-order valence-corrected chi connectivity index (χ2v) is 5.49. The molecule has 3 aromatic rings. The predicted molar refractivity (Wildman–Crippen MR) is 89.0 cm³/mol. The molecule has 0 bridgehead atoms.